The van der Waals surface area contributed by atoms with Crippen LogP contribution in [-0.2, 0) is 7.05 Å². The topological polar surface area (TPSA) is 68.0 Å². The number of aryl methyl sites for hydroxylation is 1. The Morgan fingerprint density at radius 1 is 1.42 bits per heavy atom. The minimum Gasteiger partial charge on any atom is -0.478 e. The van der Waals surface area contributed by atoms with Crippen molar-refractivity contribution in [1.29, 1.82) is 0 Å². The van der Waals surface area contributed by atoms with Gasteiger partial charge < -0.3 is 9.67 Å². The van der Waals surface area contributed by atoms with Crippen molar-refractivity contribution < 1.29 is 9.90 Å². The van der Waals surface area contributed by atoms with E-state index in [-0.39, 0.29) is 0 Å². The van der Waals surface area contributed by atoms with Gasteiger partial charge in [-0.25, -0.2) is 14.8 Å². The van der Waals surface area contributed by atoms with Crippen LogP contribution in [0.2, 0.25) is 0 Å². The molecule has 1 aromatic carbocycles. The fourth-order valence-corrected chi connectivity index (χ4v) is 2.58. The number of aromatic nitrogens is 3. The molecule has 2 aromatic heterocycles. The summed E-state index contributed by atoms with van der Waals surface area (Å²) in [5, 5.41) is 11.5. The highest BCUT2D eigenvalue weighted by Crippen LogP contribution is 2.28. The lowest BCUT2D eigenvalue weighted by Crippen LogP contribution is -1.94. The maximum absolute atomic E-state index is 11.2. The van der Waals surface area contributed by atoms with Crippen LogP contribution in [0.25, 0.3) is 21.8 Å². The van der Waals surface area contributed by atoms with Gasteiger partial charge in [-0.2, -0.15) is 0 Å². The van der Waals surface area contributed by atoms with Gasteiger partial charge >= 0.3 is 5.97 Å². The molecule has 6 heteroatoms. The van der Waals surface area contributed by atoms with Crippen LogP contribution in [0.4, 0.5) is 0 Å². The molecule has 0 aliphatic heterocycles. The van der Waals surface area contributed by atoms with Gasteiger partial charge in [0.15, 0.2) is 5.16 Å². The summed E-state index contributed by atoms with van der Waals surface area (Å²) in [7, 11) is 1.83. The molecule has 5 nitrogen and oxygen atoms in total. The van der Waals surface area contributed by atoms with Crippen molar-refractivity contribution in [2.24, 2.45) is 7.05 Å². The Morgan fingerprint density at radius 2 is 2.21 bits per heavy atom. The number of nitrogens with zero attached hydrogens (tertiary/aromatic N) is 3. The zero-order chi connectivity index (χ0) is 13.6. The number of thioether (sulfide) groups is 1. The van der Waals surface area contributed by atoms with Gasteiger partial charge in [0.2, 0.25) is 0 Å². The number of hydrogen-bond acceptors (Lipinski definition) is 4. The second-order valence-corrected chi connectivity index (χ2v) is 4.99. The van der Waals surface area contributed by atoms with Crippen molar-refractivity contribution in [3.8, 4) is 0 Å². The summed E-state index contributed by atoms with van der Waals surface area (Å²) in [5.74, 6) is -0.927. The van der Waals surface area contributed by atoms with Crippen LogP contribution < -0.4 is 0 Å². The normalized spacial score (nSPS) is 11.3. The lowest BCUT2D eigenvalue weighted by atomic mass is 10.1. The maximum Gasteiger partial charge on any atom is 0.337 e. The van der Waals surface area contributed by atoms with Gasteiger partial charge in [0.05, 0.1) is 16.6 Å². The first-order valence-electron chi connectivity index (χ1n) is 5.64. The van der Waals surface area contributed by atoms with Crippen LogP contribution in [0.1, 0.15) is 10.4 Å². The molecule has 19 heavy (non-hydrogen) atoms. The van der Waals surface area contributed by atoms with Crippen LogP contribution in [0.3, 0.4) is 0 Å². The molecular formula is C13H11N3O2S. The van der Waals surface area contributed by atoms with Crippen LogP contribution >= 0.6 is 11.8 Å². The number of fused-ring (bicyclic) bond motifs is 3. The Morgan fingerprint density at radius 3 is 2.89 bits per heavy atom. The van der Waals surface area contributed by atoms with Crippen LogP contribution in [0.5, 0.6) is 0 Å². The zero-order valence-corrected chi connectivity index (χ0v) is 11.2. The van der Waals surface area contributed by atoms with Crippen LogP contribution in [0, 0.1) is 0 Å². The van der Waals surface area contributed by atoms with Crippen molar-refractivity contribution in [3.63, 3.8) is 0 Å². The Kier molecular flexibility index (Phi) is 2.67. The Hall–Kier alpha value is -2.08. The van der Waals surface area contributed by atoms with E-state index in [1.165, 1.54) is 11.8 Å². The lowest BCUT2D eigenvalue weighted by molar-refractivity contribution is 0.0699. The van der Waals surface area contributed by atoms with Crippen molar-refractivity contribution in [2.45, 2.75) is 5.16 Å². The molecule has 0 radical (unpaired) electrons. The highest BCUT2D eigenvalue weighted by molar-refractivity contribution is 7.98. The molecule has 3 rings (SSSR count). The quantitative estimate of drug-likeness (QED) is 0.574. The molecule has 1 N–H and O–H groups in total. The van der Waals surface area contributed by atoms with Gasteiger partial charge in [0.1, 0.15) is 0 Å². The molecule has 3 aromatic rings. The molecule has 96 valence electrons. The predicted molar refractivity (Wildman–Crippen MR) is 74.8 cm³/mol. The van der Waals surface area contributed by atoms with Crippen molar-refractivity contribution in [2.75, 3.05) is 6.26 Å². The van der Waals surface area contributed by atoms with E-state index in [1.54, 1.807) is 17.0 Å². The summed E-state index contributed by atoms with van der Waals surface area (Å²) in [6.45, 7) is 0. The summed E-state index contributed by atoms with van der Waals surface area (Å²) < 4.78 is 1.80. The number of hydrogen-bond donors (Lipinski definition) is 1. The Labute approximate surface area is 113 Å². The molecule has 0 aliphatic carbocycles. The van der Waals surface area contributed by atoms with Crippen LogP contribution in [0.15, 0.2) is 29.7 Å². The van der Waals surface area contributed by atoms with Gasteiger partial charge in [0.25, 0.3) is 0 Å². The maximum atomic E-state index is 11.2. The minimum atomic E-state index is -0.927. The van der Waals surface area contributed by atoms with Crippen molar-refractivity contribution in [3.05, 3.63) is 30.1 Å². The van der Waals surface area contributed by atoms with Crippen molar-refractivity contribution >= 4 is 39.5 Å². The van der Waals surface area contributed by atoms with Gasteiger partial charge in [0, 0.05) is 30.2 Å². The molecule has 0 atom stereocenters. The third-order valence-electron chi connectivity index (χ3n) is 3.08. The molecule has 0 saturated carbocycles. The molecule has 2 heterocycles. The van der Waals surface area contributed by atoms with Crippen LogP contribution in [-0.4, -0.2) is 31.9 Å². The van der Waals surface area contributed by atoms with E-state index in [4.69, 9.17) is 0 Å². The average molecular weight is 273 g/mol. The monoisotopic (exact) mass is 273 g/mol. The number of benzene rings is 1. The summed E-state index contributed by atoms with van der Waals surface area (Å²) in [6, 6.07) is 3.66. The lowest BCUT2D eigenvalue weighted by Gasteiger charge is -2.03. The summed E-state index contributed by atoms with van der Waals surface area (Å²) >= 11 is 1.46. The summed E-state index contributed by atoms with van der Waals surface area (Å²) in [4.78, 5) is 20.0. The zero-order valence-electron chi connectivity index (χ0n) is 10.4. The molecule has 0 spiro atoms. The second kappa shape index (κ2) is 4.24. The highest BCUT2D eigenvalue weighted by Gasteiger charge is 2.15. The van der Waals surface area contributed by atoms with Gasteiger partial charge in [-0.3, -0.25) is 0 Å². The number of rotatable bonds is 2. The molecule has 0 unspecified atom stereocenters. The third kappa shape index (κ3) is 1.76. The SMILES string of the molecule is CSc1ncc2ccc3c(C(=O)O)cn(C)c3c2n1. The largest absolute Gasteiger partial charge is 0.478 e. The van der Waals surface area contributed by atoms with E-state index in [0.717, 1.165) is 16.4 Å². The third-order valence-corrected chi connectivity index (χ3v) is 3.64. The van der Waals surface area contributed by atoms with Gasteiger partial charge in [-0.15, -0.1) is 0 Å². The van der Waals surface area contributed by atoms with E-state index in [9.17, 15) is 9.90 Å². The number of carboxylic acids is 1. The fraction of sp³-hybridized carbons (Fsp3) is 0.154. The standard InChI is InChI=1S/C13H11N3O2S/c1-16-6-9(12(17)18)8-4-3-7-5-14-13(19-2)15-10(7)11(8)16/h3-6H,1-2H3,(H,17,18). The summed E-state index contributed by atoms with van der Waals surface area (Å²) in [5.41, 5.74) is 1.91. The smallest absolute Gasteiger partial charge is 0.337 e. The van der Waals surface area contributed by atoms with E-state index in [0.29, 0.717) is 16.1 Å². The molecule has 0 amide bonds. The summed E-state index contributed by atoms with van der Waals surface area (Å²) in [6.07, 6.45) is 5.29. The molecule has 0 aliphatic rings. The number of aromatic carboxylic acids is 1. The first kappa shape index (κ1) is 12.0. The van der Waals surface area contributed by atoms with E-state index < -0.39 is 5.97 Å². The first-order chi connectivity index (χ1) is 9.11. The van der Waals surface area contributed by atoms with Crippen molar-refractivity contribution in [1.82, 2.24) is 14.5 Å². The minimum absolute atomic E-state index is 0.295. The molecule has 0 bridgehead atoms. The highest BCUT2D eigenvalue weighted by atomic mass is 32.2. The first-order valence-corrected chi connectivity index (χ1v) is 6.86. The second-order valence-electron chi connectivity index (χ2n) is 4.22. The molecular weight excluding hydrogens is 262 g/mol. The van der Waals surface area contributed by atoms with E-state index >= 15 is 0 Å². The average Bonchev–Trinajstić information content (AvgIpc) is 2.76. The molecule has 0 saturated heterocycles. The van der Waals surface area contributed by atoms with Gasteiger partial charge in [-0.1, -0.05) is 23.9 Å². The fourth-order valence-electron chi connectivity index (χ4n) is 2.24. The number of carbonyl (C=O) groups is 1. The van der Waals surface area contributed by atoms with E-state index in [1.807, 2.05) is 25.4 Å². The Balaban J connectivity index is 2.48. The molecule has 0 fully saturated rings. The Bertz CT molecular complexity index is 810. The van der Waals surface area contributed by atoms with E-state index in [2.05, 4.69) is 9.97 Å². The predicted octanol–water partition coefficient (Wildman–Crippen LogP) is 2.54. The number of carboxylic acid groups (broad SMARTS) is 1. The van der Waals surface area contributed by atoms with Gasteiger partial charge in [-0.05, 0) is 6.26 Å².